The number of rotatable bonds is 0. The van der Waals surface area contributed by atoms with Gasteiger partial charge in [-0.25, -0.2) is 13.2 Å². The van der Waals surface area contributed by atoms with Crippen molar-refractivity contribution in [3.05, 3.63) is 59.9 Å². The molecule has 3 rings (SSSR count). The molecule has 0 atom stereocenters. The van der Waals surface area contributed by atoms with Crippen LogP contribution in [0.2, 0.25) is 0 Å². The van der Waals surface area contributed by atoms with E-state index in [1.807, 2.05) is 0 Å². The largest absolute Gasteiger partial charge is 0.206 e. The standard InChI is InChI=1S/C14H7F3/c15-11-7-3-6-10-12(11)14(17)9-5-2-1-4-8(9)13(10)16/h1-7H. The first kappa shape index (κ1) is 10.1. The van der Waals surface area contributed by atoms with Gasteiger partial charge in [0.15, 0.2) is 0 Å². The van der Waals surface area contributed by atoms with Gasteiger partial charge in [0.25, 0.3) is 0 Å². The Kier molecular flexibility index (Phi) is 2.08. The summed E-state index contributed by atoms with van der Waals surface area (Å²) in [4.78, 5) is 0. The highest BCUT2D eigenvalue weighted by Crippen LogP contribution is 2.31. The second-order valence-corrected chi connectivity index (χ2v) is 3.84. The van der Waals surface area contributed by atoms with E-state index in [1.165, 1.54) is 24.3 Å². The summed E-state index contributed by atoms with van der Waals surface area (Å²) in [5.74, 6) is -2.05. The molecule has 0 saturated carbocycles. The molecule has 0 nitrogen and oxygen atoms in total. The van der Waals surface area contributed by atoms with E-state index in [0.717, 1.165) is 6.07 Å². The van der Waals surface area contributed by atoms with Gasteiger partial charge in [-0.1, -0.05) is 36.4 Å². The van der Waals surface area contributed by atoms with E-state index in [-0.39, 0.29) is 21.5 Å². The van der Waals surface area contributed by atoms with Gasteiger partial charge >= 0.3 is 0 Å². The molecule has 3 heteroatoms. The van der Waals surface area contributed by atoms with E-state index < -0.39 is 17.5 Å². The Balaban J connectivity index is 2.69. The average Bonchev–Trinajstić information content (AvgIpc) is 2.36. The van der Waals surface area contributed by atoms with Crippen LogP contribution in [-0.4, -0.2) is 0 Å². The Morgan fingerprint density at radius 3 is 1.88 bits per heavy atom. The molecule has 0 fully saturated rings. The van der Waals surface area contributed by atoms with Crippen molar-refractivity contribution < 1.29 is 13.2 Å². The quantitative estimate of drug-likeness (QED) is 0.503. The zero-order valence-corrected chi connectivity index (χ0v) is 8.68. The van der Waals surface area contributed by atoms with Crippen LogP contribution in [-0.2, 0) is 0 Å². The lowest BCUT2D eigenvalue weighted by atomic mass is 10.0. The lowest BCUT2D eigenvalue weighted by Gasteiger charge is -2.07. The van der Waals surface area contributed by atoms with Gasteiger partial charge in [0.05, 0.1) is 5.39 Å². The zero-order valence-electron chi connectivity index (χ0n) is 8.68. The number of hydrogen-bond acceptors (Lipinski definition) is 0. The summed E-state index contributed by atoms with van der Waals surface area (Å²) in [6, 6.07) is 10.0. The van der Waals surface area contributed by atoms with Crippen molar-refractivity contribution in [2.24, 2.45) is 0 Å². The summed E-state index contributed by atoms with van der Waals surface area (Å²) >= 11 is 0. The fourth-order valence-corrected chi connectivity index (χ4v) is 2.08. The summed E-state index contributed by atoms with van der Waals surface area (Å²) in [7, 11) is 0. The first-order valence-electron chi connectivity index (χ1n) is 5.14. The molecule has 0 saturated heterocycles. The highest BCUT2D eigenvalue weighted by Gasteiger charge is 2.15. The van der Waals surface area contributed by atoms with Gasteiger partial charge in [-0.2, -0.15) is 0 Å². The molecule has 0 aromatic heterocycles. The average molecular weight is 232 g/mol. The van der Waals surface area contributed by atoms with E-state index in [0.29, 0.717) is 0 Å². The highest BCUT2D eigenvalue weighted by molar-refractivity contribution is 6.00. The van der Waals surface area contributed by atoms with Crippen molar-refractivity contribution in [1.82, 2.24) is 0 Å². The summed E-state index contributed by atoms with van der Waals surface area (Å²) in [6.45, 7) is 0. The van der Waals surface area contributed by atoms with Gasteiger partial charge in [-0.05, 0) is 6.07 Å². The Labute approximate surface area is 95.3 Å². The Bertz CT molecular complexity index is 732. The van der Waals surface area contributed by atoms with E-state index in [4.69, 9.17) is 0 Å². The number of halogens is 3. The molecule has 0 heterocycles. The summed E-state index contributed by atoms with van der Waals surface area (Å²) in [5, 5.41) is -0.0457. The molecule has 0 aliphatic rings. The molecular formula is C14H7F3. The first-order valence-corrected chi connectivity index (χ1v) is 5.14. The molecule has 0 bridgehead atoms. The molecular weight excluding hydrogens is 225 g/mol. The number of fused-ring (bicyclic) bond motifs is 2. The minimum Gasteiger partial charge on any atom is -0.206 e. The molecule has 17 heavy (non-hydrogen) atoms. The zero-order chi connectivity index (χ0) is 12.0. The molecule has 0 aliphatic carbocycles. The normalized spacial score (nSPS) is 11.2. The number of hydrogen-bond donors (Lipinski definition) is 0. The van der Waals surface area contributed by atoms with E-state index in [9.17, 15) is 13.2 Å². The van der Waals surface area contributed by atoms with Crippen molar-refractivity contribution in [3.8, 4) is 0 Å². The van der Waals surface area contributed by atoms with Gasteiger partial charge in [0, 0.05) is 16.2 Å². The van der Waals surface area contributed by atoms with E-state index in [1.54, 1.807) is 12.1 Å². The molecule has 3 aromatic carbocycles. The third kappa shape index (κ3) is 1.32. The van der Waals surface area contributed by atoms with Gasteiger partial charge < -0.3 is 0 Å². The summed E-state index contributed by atoms with van der Waals surface area (Å²) < 4.78 is 41.7. The van der Waals surface area contributed by atoms with Crippen LogP contribution in [0.1, 0.15) is 0 Å². The van der Waals surface area contributed by atoms with Crippen LogP contribution in [0.5, 0.6) is 0 Å². The third-order valence-corrected chi connectivity index (χ3v) is 2.87. The molecule has 3 aromatic rings. The van der Waals surface area contributed by atoms with Gasteiger partial charge in [0.2, 0.25) is 0 Å². The predicted octanol–water partition coefficient (Wildman–Crippen LogP) is 4.41. The monoisotopic (exact) mass is 232 g/mol. The maximum absolute atomic E-state index is 14.1. The van der Waals surface area contributed by atoms with Crippen LogP contribution < -0.4 is 0 Å². The molecule has 0 amide bonds. The third-order valence-electron chi connectivity index (χ3n) is 2.87. The minimum absolute atomic E-state index is 0.0267. The van der Waals surface area contributed by atoms with Crippen molar-refractivity contribution in [2.45, 2.75) is 0 Å². The predicted molar refractivity (Wildman–Crippen MR) is 61.3 cm³/mol. The van der Waals surface area contributed by atoms with Crippen LogP contribution in [0.3, 0.4) is 0 Å². The van der Waals surface area contributed by atoms with E-state index in [2.05, 4.69) is 0 Å². The maximum Gasteiger partial charge on any atom is 0.142 e. The lowest BCUT2D eigenvalue weighted by molar-refractivity contribution is 0.607. The minimum atomic E-state index is -0.746. The fraction of sp³-hybridized carbons (Fsp3) is 0. The topological polar surface area (TPSA) is 0 Å². The molecule has 0 spiro atoms. The molecule has 0 unspecified atom stereocenters. The summed E-state index contributed by atoms with van der Waals surface area (Å²) in [6.07, 6.45) is 0. The van der Waals surface area contributed by atoms with Crippen molar-refractivity contribution in [3.63, 3.8) is 0 Å². The number of benzene rings is 3. The summed E-state index contributed by atoms with van der Waals surface area (Å²) in [5.41, 5.74) is 0. The Hall–Kier alpha value is -2.03. The fourth-order valence-electron chi connectivity index (χ4n) is 2.08. The highest BCUT2D eigenvalue weighted by atomic mass is 19.1. The SMILES string of the molecule is Fc1c2ccccc2c(F)c2c(F)cccc12. The van der Waals surface area contributed by atoms with Crippen LogP contribution in [0, 0.1) is 17.5 Å². The van der Waals surface area contributed by atoms with Crippen LogP contribution >= 0.6 is 0 Å². The van der Waals surface area contributed by atoms with Gasteiger partial charge in [0.1, 0.15) is 17.5 Å². The first-order chi connectivity index (χ1) is 8.20. The van der Waals surface area contributed by atoms with Gasteiger partial charge in [-0.3, -0.25) is 0 Å². The maximum atomic E-state index is 14.1. The van der Waals surface area contributed by atoms with Crippen molar-refractivity contribution in [2.75, 3.05) is 0 Å². The van der Waals surface area contributed by atoms with Crippen LogP contribution in [0.15, 0.2) is 42.5 Å². The second-order valence-electron chi connectivity index (χ2n) is 3.84. The van der Waals surface area contributed by atoms with Crippen molar-refractivity contribution >= 4 is 21.5 Å². The second kappa shape index (κ2) is 3.48. The van der Waals surface area contributed by atoms with Crippen LogP contribution in [0.25, 0.3) is 21.5 Å². The van der Waals surface area contributed by atoms with Gasteiger partial charge in [-0.15, -0.1) is 0 Å². The lowest BCUT2D eigenvalue weighted by Crippen LogP contribution is -1.92. The molecule has 0 aliphatic heterocycles. The van der Waals surface area contributed by atoms with Crippen LogP contribution in [0.4, 0.5) is 13.2 Å². The Morgan fingerprint density at radius 2 is 1.18 bits per heavy atom. The Morgan fingerprint density at radius 1 is 0.588 bits per heavy atom. The molecule has 0 radical (unpaired) electrons. The smallest absolute Gasteiger partial charge is 0.142 e. The van der Waals surface area contributed by atoms with E-state index >= 15 is 0 Å². The molecule has 0 N–H and O–H groups in total. The molecule has 84 valence electrons. The van der Waals surface area contributed by atoms with Crippen molar-refractivity contribution in [1.29, 1.82) is 0 Å².